The third-order valence-corrected chi connectivity index (χ3v) is 4.90. The van der Waals surface area contributed by atoms with Crippen LogP contribution in [0.2, 0.25) is 10.0 Å². The zero-order valence-electron chi connectivity index (χ0n) is 13.7. The van der Waals surface area contributed by atoms with Gasteiger partial charge in [0.1, 0.15) is 11.6 Å². The molecule has 0 radical (unpaired) electrons. The predicted molar refractivity (Wildman–Crippen MR) is 97.8 cm³/mol. The number of aliphatic hydroxyl groups is 1. The molecular weight excluding hydrogens is 392 g/mol. The molecule has 2 aromatic carbocycles. The zero-order valence-corrected chi connectivity index (χ0v) is 15.2. The summed E-state index contributed by atoms with van der Waals surface area (Å²) in [5, 5.41) is 12.4. The van der Waals surface area contributed by atoms with Crippen LogP contribution in [0.3, 0.4) is 0 Å². The highest BCUT2D eigenvalue weighted by Gasteiger charge is 2.51. The Bertz CT molecular complexity index is 1030. The van der Waals surface area contributed by atoms with E-state index in [0.717, 1.165) is 4.90 Å². The molecule has 0 spiro atoms. The maximum atomic E-state index is 14.7. The van der Waals surface area contributed by atoms with E-state index in [-0.39, 0.29) is 23.5 Å². The number of aromatic nitrogens is 2. The molecule has 2 heterocycles. The number of benzene rings is 2. The van der Waals surface area contributed by atoms with Gasteiger partial charge in [-0.2, -0.15) is 0 Å². The maximum Gasteiger partial charge on any atom is 0.257 e. The fourth-order valence-electron chi connectivity index (χ4n) is 3.21. The average molecular weight is 404 g/mol. The Morgan fingerprint density at radius 1 is 1.04 bits per heavy atom. The molecule has 0 saturated heterocycles. The van der Waals surface area contributed by atoms with Crippen molar-refractivity contribution in [3.8, 4) is 0 Å². The molecule has 0 fully saturated rings. The molecule has 1 aliphatic heterocycles. The Labute approximate surface area is 164 Å². The van der Waals surface area contributed by atoms with Crippen LogP contribution in [0.4, 0.5) is 4.39 Å². The van der Waals surface area contributed by atoms with Gasteiger partial charge in [-0.25, -0.2) is 14.4 Å². The van der Waals surface area contributed by atoms with Crippen LogP contribution in [0.25, 0.3) is 0 Å². The molecule has 1 aliphatic rings. The van der Waals surface area contributed by atoms with Gasteiger partial charge in [-0.3, -0.25) is 9.69 Å². The van der Waals surface area contributed by atoms with Crippen LogP contribution < -0.4 is 0 Å². The number of halogens is 3. The molecule has 5 nitrogen and oxygen atoms in total. The average Bonchev–Trinajstić information content (AvgIpc) is 2.88. The molecule has 0 bridgehead atoms. The third kappa shape index (κ3) is 2.86. The number of hydrogen-bond donors (Lipinski definition) is 1. The lowest BCUT2D eigenvalue weighted by Crippen LogP contribution is -2.44. The predicted octanol–water partition coefficient (Wildman–Crippen LogP) is 3.77. The number of amides is 1. The Morgan fingerprint density at radius 2 is 1.70 bits per heavy atom. The first-order valence-corrected chi connectivity index (χ1v) is 8.72. The van der Waals surface area contributed by atoms with Crippen molar-refractivity contribution in [2.24, 2.45) is 0 Å². The molecule has 4 rings (SSSR count). The number of fused-ring (bicyclic) bond motifs is 1. The van der Waals surface area contributed by atoms with Crippen LogP contribution in [-0.2, 0) is 12.3 Å². The molecule has 1 atom stereocenters. The second-order valence-electron chi connectivity index (χ2n) is 6.05. The molecule has 8 heteroatoms. The monoisotopic (exact) mass is 403 g/mol. The zero-order chi connectivity index (χ0) is 19.2. The molecule has 0 saturated carbocycles. The lowest BCUT2D eigenvalue weighted by atomic mass is 9.93. The molecule has 136 valence electrons. The minimum Gasteiger partial charge on any atom is -0.363 e. The Morgan fingerprint density at radius 3 is 2.37 bits per heavy atom. The highest BCUT2D eigenvalue weighted by atomic mass is 35.5. The first-order chi connectivity index (χ1) is 12.9. The van der Waals surface area contributed by atoms with Gasteiger partial charge < -0.3 is 5.11 Å². The first-order valence-electron chi connectivity index (χ1n) is 7.97. The number of carbonyl (C=O) groups excluding carboxylic acids is 1. The van der Waals surface area contributed by atoms with Gasteiger partial charge in [0.05, 0.1) is 22.7 Å². The quantitative estimate of drug-likeness (QED) is 0.722. The van der Waals surface area contributed by atoms with E-state index < -0.39 is 17.4 Å². The standard InChI is InChI=1S/C19H12Cl2FN3O2/c20-12-6-4-11(5-7-12)19(27)17-14(2-1-3-15(17)22)18(26)25(19)10-16-23-8-13(21)9-24-16/h1-9,27H,10H2. The van der Waals surface area contributed by atoms with Crippen molar-refractivity contribution >= 4 is 29.1 Å². The smallest absolute Gasteiger partial charge is 0.257 e. The van der Waals surface area contributed by atoms with E-state index >= 15 is 0 Å². The second kappa shape index (κ2) is 6.56. The van der Waals surface area contributed by atoms with E-state index in [1.165, 1.54) is 30.6 Å². The van der Waals surface area contributed by atoms with Crippen LogP contribution in [0.1, 0.15) is 27.3 Å². The van der Waals surface area contributed by atoms with Crippen LogP contribution in [-0.4, -0.2) is 25.9 Å². The molecule has 27 heavy (non-hydrogen) atoms. The highest BCUT2D eigenvalue weighted by molar-refractivity contribution is 6.30. The summed E-state index contributed by atoms with van der Waals surface area (Å²) in [6.07, 6.45) is 2.78. The molecule has 1 amide bonds. The summed E-state index contributed by atoms with van der Waals surface area (Å²) in [5.74, 6) is -0.952. The Balaban J connectivity index is 1.88. The summed E-state index contributed by atoms with van der Waals surface area (Å²) in [4.78, 5) is 22.2. The summed E-state index contributed by atoms with van der Waals surface area (Å²) in [5.41, 5.74) is -1.74. The van der Waals surface area contributed by atoms with Gasteiger partial charge in [-0.1, -0.05) is 41.4 Å². The van der Waals surface area contributed by atoms with E-state index in [1.807, 2.05) is 0 Å². The minimum atomic E-state index is -2.02. The normalized spacial score (nSPS) is 18.7. The van der Waals surface area contributed by atoms with Gasteiger partial charge in [0.15, 0.2) is 5.72 Å². The van der Waals surface area contributed by atoms with Gasteiger partial charge in [0.2, 0.25) is 0 Å². The summed E-state index contributed by atoms with van der Waals surface area (Å²) >= 11 is 11.7. The van der Waals surface area contributed by atoms with Crippen LogP contribution in [0.15, 0.2) is 54.9 Å². The van der Waals surface area contributed by atoms with Gasteiger partial charge in [-0.05, 0) is 24.3 Å². The first kappa shape index (κ1) is 17.9. The van der Waals surface area contributed by atoms with E-state index in [2.05, 4.69) is 9.97 Å². The van der Waals surface area contributed by atoms with Gasteiger partial charge in [0, 0.05) is 23.0 Å². The molecular formula is C19H12Cl2FN3O2. The molecule has 0 aliphatic carbocycles. The fourth-order valence-corrected chi connectivity index (χ4v) is 3.44. The number of carbonyl (C=O) groups is 1. The second-order valence-corrected chi connectivity index (χ2v) is 6.92. The van der Waals surface area contributed by atoms with Crippen molar-refractivity contribution in [1.29, 1.82) is 0 Å². The number of rotatable bonds is 3. The molecule has 3 aromatic rings. The van der Waals surface area contributed by atoms with Crippen molar-refractivity contribution in [2.45, 2.75) is 12.3 Å². The van der Waals surface area contributed by atoms with Gasteiger partial charge in [0.25, 0.3) is 5.91 Å². The summed E-state index contributed by atoms with van der Waals surface area (Å²) in [6, 6.07) is 10.3. The van der Waals surface area contributed by atoms with E-state index in [1.54, 1.807) is 24.3 Å². The van der Waals surface area contributed by atoms with Crippen molar-refractivity contribution < 1.29 is 14.3 Å². The summed E-state index contributed by atoms with van der Waals surface area (Å²) < 4.78 is 14.7. The van der Waals surface area contributed by atoms with Crippen molar-refractivity contribution in [1.82, 2.24) is 14.9 Å². The van der Waals surface area contributed by atoms with Crippen LogP contribution >= 0.6 is 23.2 Å². The third-order valence-electron chi connectivity index (χ3n) is 4.45. The van der Waals surface area contributed by atoms with Crippen LogP contribution in [0.5, 0.6) is 0 Å². The number of hydrogen-bond acceptors (Lipinski definition) is 4. The van der Waals surface area contributed by atoms with E-state index in [4.69, 9.17) is 23.2 Å². The van der Waals surface area contributed by atoms with Gasteiger partial charge >= 0.3 is 0 Å². The topological polar surface area (TPSA) is 66.3 Å². The summed E-state index contributed by atoms with van der Waals surface area (Å²) in [7, 11) is 0. The SMILES string of the molecule is O=C1c2cccc(F)c2C(O)(c2ccc(Cl)cc2)N1Cc1ncc(Cl)cn1. The maximum absolute atomic E-state index is 14.7. The van der Waals surface area contributed by atoms with Crippen molar-refractivity contribution in [3.05, 3.63) is 93.2 Å². The molecule has 1 unspecified atom stereocenters. The lowest BCUT2D eigenvalue weighted by Gasteiger charge is -2.34. The van der Waals surface area contributed by atoms with Crippen LogP contribution in [0, 0.1) is 5.82 Å². The largest absolute Gasteiger partial charge is 0.363 e. The Hall–Kier alpha value is -2.54. The van der Waals surface area contributed by atoms with Gasteiger partial charge in [-0.15, -0.1) is 0 Å². The minimum absolute atomic E-state index is 0.0846. The molecule has 1 N–H and O–H groups in total. The number of nitrogens with zero attached hydrogens (tertiary/aromatic N) is 3. The summed E-state index contributed by atoms with van der Waals surface area (Å²) in [6.45, 7) is -0.136. The van der Waals surface area contributed by atoms with E-state index in [9.17, 15) is 14.3 Å². The van der Waals surface area contributed by atoms with Crippen molar-refractivity contribution in [2.75, 3.05) is 0 Å². The fraction of sp³-hybridized carbons (Fsp3) is 0.105. The highest BCUT2D eigenvalue weighted by Crippen LogP contribution is 2.44. The van der Waals surface area contributed by atoms with E-state index in [0.29, 0.717) is 15.6 Å². The van der Waals surface area contributed by atoms with Crippen molar-refractivity contribution in [3.63, 3.8) is 0 Å². The molecule has 1 aromatic heterocycles. The Kier molecular flexibility index (Phi) is 4.34. The lowest BCUT2D eigenvalue weighted by molar-refractivity contribution is -0.0572.